The van der Waals surface area contributed by atoms with Gasteiger partial charge in [0.1, 0.15) is 6.54 Å². The van der Waals surface area contributed by atoms with Crippen LogP contribution in [0.3, 0.4) is 0 Å². The molecule has 0 bridgehead atoms. The van der Waals surface area contributed by atoms with Gasteiger partial charge in [-0.25, -0.2) is 4.21 Å². The second-order valence-electron chi connectivity index (χ2n) is 10.6. The molecule has 0 heterocycles. The average Bonchev–Trinajstić information content (AvgIpc) is 3.66. The van der Waals surface area contributed by atoms with Gasteiger partial charge in [0.2, 0.25) is 5.91 Å². The second kappa shape index (κ2) is 10.4. The molecule has 0 aromatic heterocycles. The molecule has 3 aromatic rings. The number of amides is 1. The molecular weight excluding hydrogens is 452 g/mol. The van der Waals surface area contributed by atoms with Gasteiger partial charge in [-0.3, -0.25) is 9.10 Å². The monoisotopic (exact) mass is 488 g/mol. The van der Waals surface area contributed by atoms with E-state index in [0.717, 1.165) is 29.7 Å². The number of carbonyl (C=O) groups excluding carboxylic acids is 1. The number of rotatable bonds is 8. The van der Waals surface area contributed by atoms with Crippen molar-refractivity contribution >= 4 is 22.6 Å². The average molecular weight is 489 g/mol. The summed E-state index contributed by atoms with van der Waals surface area (Å²) in [6.45, 7) is 11.2. The number of benzene rings is 3. The zero-order valence-electron chi connectivity index (χ0n) is 21.5. The van der Waals surface area contributed by atoms with Gasteiger partial charge in [-0.1, -0.05) is 80.4 Å². The molecule has 0 radical (unpaired) electrons. The number of anilines is 1. The van der Waals surface area contributed by atoms with Gasteiger partial charge >= 0.3 is 0 Å². The Morgan fingerprint density at radius 3 is 2.14 bits per heavy atom. The summed E-state index contributed by atoms with van der Waals surface area (Å²) in [5, 5.41) is 0. The second-order valence-corrected chi connectivity index (χ2v) is 12.0. The highest BCUT2D eigenvalue weighted by Crippen LogP contribution is 2.30. The quantitative estimate of drug-likeness (QED) is 0.372. The SMILES string of the molecule is Cc1ccc(N(CC(=O)N(Cc2cccc(C)c2)C2CC2)S(=O)c2ccc(C(C)(C)C)cc2)cc1. The van der Waals surface area contributed by atoms with Crippen LogP contribution in [0.15, 0.2) is 77.7 Å². The summed E-state index contributed by atoms with van der Waals surface area (Å²) >= 11 is 0. The Labute approximate surface area is 212 Å². The van der Waals surface area contributed by atoms with Crippen molar-refractivity contribution in [2.45, 2.75) is 70.4 Å². The van der Waals surface area contributed by atoms with Crippen LogP contribution in [-0.2, 0) is 27.7 Å². The van der Waals surface area contributed by atoms with Gasteiger partial charge in [0.05, 0.1) is 10.6 Å². The van der Waals surface area contributed by atoms with Crippen LogP contribution in [0.1, 0.15) is 55.9 Å². The van der Waals surface area contributed by atoms with Gasteiger partial charge in [-0.2, -0.15) is 0 Å². The third-order valence-corrected chi connectivity index (χ3v) is 7.88. The lowest BCUT2D eigenvalue weighted by Crippen LogP contribution is -2.42. The molecule has 0 spiro atoms. The summed E-state index contributed by atoms with van der Waals surface area (Å²) < 4.78 is 15.5. The molecule has 184 valence electrons. The molecule has 1 unspecified atom stereocenters. The third-order valence-electron chi connectivity index (χ3n) is 6.47. The predicted octanol–water partition coefficient (Wildman–Crippen LogP) is 6.32. The largest absolute Gasteiger partial charge is 0.334 e. The molecule has 3 aromatic carbocycles. The fourth-order valence-electron chi connectivity index (χ4n) is 4.18. The molecule has 1 aliphatic rings. The fraction of sp³-hybridized carbons (Fsp3) is 0.367. The van der Waals surface area contributed by atoms with E-state index in [1.807, 2.05) is 66.4 Å². The number of nitrogens with zero attached hydrogens (tertiary/aromatic N) is 2. The van der Waals surface area contributed by atoms with E-state index in [1.165, 1.54) is 11.1 Å². The first-order valence-electron chi connectivity index (χ1n) is 12.3. The van der Waals surface area contributed by atoms with Crippen molar-refractivity contribution in [1.29, 1.82) is 0 Å². The molecule has 0 N–H and O–H groups in total. The molecule has 4 nitrogen and oxygen atoms in total. The minimum Gasteiger partial charge on any atom is -0.334 e. The Morgan fingerprint density at radius 2 is 1.57 bits per heavy atom. The molecule has 1 amide bonds. The first-order chi connectivity index (χ1) is 16.6. The summed E-state index contributed by atoms with van der Waals surface area (Å²) in [5.41, 5.74) is 5.44. The van der Waals surface area contributed by atoms with Crippen molar-refractivity contribution in [3.8, 4) is 0 Å². The Morgan fingerprint density at radius 1 is 0.914 bits per heavy atom. The van der Waals surface area contributed by atoms with Crippen LogP contribution in [-0.4, -0.2) is 27.6 Å². The maximum absolute atomic E-state index is 13.8. The van der Waals surface area contributed by atoms with Crippen molar-refractivity contribution in [1.82, 2.24) is 4.90 Å². The Bertz CT molecular complexity index is 1190. The highest BCUT2D eigenvalue weighted by molar-refractivity contribution is 7.86. The summed E-state index contributed by atoms with van der Waals surface area (Å²) in [7, 11) is -1.51. The molecule has 1 fully saturated rings. The van der Waals surface area contributed by atoms with E-state index in [1.54, 1.807) is 4.31 Å². The minimum absolute atomic E-state index is 0.00856. The Kier molecular flexibility index (Phi) is 7.46. The lowest BCUT2D eigenvalue weighted by Gasteiger charge is -2.28. The smallest absolute Gasteiger partial charge is 0.243 e. The lowest BCUT2D eigenvalue weighted by molar-refractivity contribution is -0.130. The van der Waals surface area contributed by atoms with Crippen molar-refractivity contribution in [2.75, 3.05) is 10.8 Å². The van der Waals surface area contributed by atoms with Gasteiger partial charge in [0.25, 0.3) is 0 Å². The summed E-state index contributed by atoms with van der Waals surface area (Å²) in [6.07, 6.45) is 2.05. The van der Waals surface area contributed by atoms with Crippen LogP contribution < -0.4 is 4.31 Å². The van der Waals surface area contributed by atoms with Crippen LogP contribution in [0.5, 0.6) is 0 Å². The summed E-state index contributed by atoms with van der Waals surface area (Å²) in [6, 6.07) is 24.4. The maximum Gasteiger partial charge on any atom is 0.243 e. The molecule has 35 heavy (non-hydrogen) atoms. The van der Waals surface area contributed by atoms with Crippen molar-refractivity contribution in [3.05, 3.63) is 95.1 Å². The van der Waals surface area contributed by atoms with Crippen LogP contribution in [0.2, 0.25) is 0 Å². The van der Waals surface area contributed by atoms with E-state index in [4.69, 9.17) is 0 Å². The summed E-state index contributed by atoms with van der Waals surface area (Å²) in [5.74, 6) is 0.00856. The molecule has 1 atom stereocenters. The zero-order valence-corrected chi connectivity index (χ0v) is 22.3. The van der Waals surface area contributed by atoms with E-state index in [0.29, 0.717) is 11.4 Å². The normalized spacial score (nSPS) is 14.4. The molecule has 5 heteroatoms. The zero-order chi connectivity index (χ0) is 25.2. The highest BCUT2D eigenvalue weighted by atomic mass is 32.2. The van der Waals surface area contributed by atoms with Crippen molar-refractivity contribution < 1.29 is 9.00 Å². The Hall–Kier alpha value is -2.92. The van der Waals surface area contributed by atoms with E-state index in [-0.39, 0.29) is 23.9 Å². The molecule has 0 saturated heterocycles. The van der Waals surface area contributed by atoms with E-state index in [2.05, 4.69) is 45.9 Å². The maximum atomic E-state index is 13.8. The van der Waals surface area contributed by atoms with Gasteiger partial charge in [0.15, 0.2) is 11.0 Å². The molecule has 0 aliphatic heterocycles. The topological polar surface area (TPSA) is 40.6 Å². The van der Waals surface area contributed by atoms with E-state index < -0.39 is 11.0 Å². The fourth-order valence-corrected chi connectivity index (χ4v) is 5.35. The van der Waals surface area contributed by atoms with Gasteiger partial charge < -0.3 is 4.90 Å². The van der Waals surface area contributed by atoms with Crippen molar-refractivity contribution in [3.63, 3.8) is 0 Å². The van der Waals surface area contributed by atoms with Crippen LogP contribution in [0.25, 0.3) is 0 Å². The number of aryl methyl sites for hydroxylation is 2. The van der Waals surface area contributed by atoms with Crippen LogP contribution in [0, 0.1) is 13.8 Å². The first kappa shape index (κ1) is 25.2. The molecule has 1 aliphatic carbocycles. The molecule has 1 saturated carbocycles. The van der Waals surface area contributed by atoms with Crippen LogP contribution in [0.4, 0.5) is 5.69 Å². The van der Waals surface area contributed by atoms with Gasteiger partial charge in [0, 0.05) is 12.6 Å². The number of hydrogen-bond acceptors (Lipinski definition) is 2. The van der Waals surface area contributed by atoms with Crippen LogP contribution >= 0.6 is 0 Å². The summed E-state index contributed by atoms with van der Waals surface area (Å²) in [4.78, 5) is 16.3. The van der Waals surface area contributed by atoms with Crippen molar-refractivity contribution in [2.24, 2.45) is 0 Å². The van der Waals surface area contributed by atoms with Gasteiger partial charge in [-0.15, -0.1) is 0 Å². The highest BCUT2D eigenvalue weighted by Gasteiger charge is 2.34. The third kappa shape index (κ3) is 6.40. The standard InChI is InChI=1S/C30H36N2O2S/c1-22-9-13-27(14-10-22)32(35(34)28-17-11-25(12-18-28)30(3,4)5)21-29(33)31(26-15-16-26)20-24-8-6-7-23(2)19-24/h6-14,17-19,26H,15-16,20-21H2,1-5H3. The molecule has 4 rings (SSSR count). The van der Waals surface area contributed by atoms with E-state index >= 15 is 0 Å². The first-order valence-corrected chi connectivity index (χ1v) is 13.4. The van der Waals surface area contributed by atoms with E-state index in [9.17, 15) is 9.00 Å². The number of carbonyl (C=O) groups is 1. The molecular formula is C30H36N2O2S. The number of hydrogen-bond donors (Lipinski definition) is 0. The lowest BCUT2D eigenvalue weighted by atomic mass is 9.87. The predicted molar refractivity (Wildman–Crippen MR) is 145 cm³/mol. The Balaban J connectivity index is 1.60. The van der Waals surface area contributed by atoms with Gasteiger partial charge in [-0.05, 0) is 67.5 Å². The minimum atomic E-state index is -1.51.